The molecule has 2 saturated heterocycles. The lowest BCUT2D eigenvalue weighted by Crippen LogP contribution is -2.40. The Hall–Kier alpha value is -2.67. The van der Waals surface area contributed by atoms with Crippen LogP contribution in [0.1, 0.15) is 22.3 Å². The predicted octanol–water partition coefficient (Wildman–Crippen LogP) is 2.77. The second-order valence-corrected chi connectivity index (χ2v) is 7.54. The summed E-state index contributed by atoms with van der Waals surface area (Å²) in [6.07, 6.45) is 3.34. The highest BCUT2D eigenvalue weighted by molar-refractivity contribution is 5.94. The van der Waals surface area contributed by atoms with Crippen LogP contribution < -0.4 is 9.64 Å². The Kier molecular flexibility index (Phi) is 5.94. The molecule has 0 saturated carbocycles. The first kappa shape index (κ1) is 19.6. The van der Waals surface area contributed by atoms with E-state index in [0.717, 1.165) is 37.2 Å². The number of hydrogen-bond donors (Lipinski definition) is 0. The van der Waals surface area contributed by atoms with Gasteiger partial charge in [0.2, 0.25) is 0 Å². The molecule has 0 bridgehead atoms. The van der Waals surface area contributed by atoms with Gasteiger partial charge in [-0.1, -0.05) is 0 Å². The minimum Gasteiger partial charge on any atom is -0.496 e. The fraction of sp³-hybridized carbons (Fsp3) is 0.455. The van der Waals surface area contributed by atoms with Gasteiger partial charge in [-0.2, -0.15) is 0 Å². The van der Waals surface area contributed by atoms with Gasteiger partial charge in [0.25, 0.3) is 5.91 Å². The standard InChI is InChI=1S/C22H26FN3O3/c1-28-20-5-4-17(22(27)25-9-11-29-12-10-25)14-18(20)13-16-6-8-26(15-16)21-19(23)3-2-7-24-21/h2-5,7,14,16H,6,8-13,15H2,1H3. The van der Waals surface area contributed by atoms with Crippen LogP contribution in [0.4, 0.5) is 10.2 Å². The smallest absolute Gasteiger partial charge is 0.254 e. The van der Waals surface area contributed by atoms with Crippen molar-refractivity contribution in [2.24, 2.45) is 5.92 Å². The molecule has 1 atom stereocenters. The number of anilines is 1. The summed E-state index contributed by atoms with van der Waals surface area (Å²) in [4.78, 5) is 20.8. The van der Waals surface area contributed by atoms with Crippen molar-refractivity contribution < 1.29 is 18.7 Å². The van der Waals surface area contributed by atoms with Crippen molar-refractivity contribution in [1.82, 2.24) is 9.88 Å². The first-order valence-electron chi connectivity index (χ1n) is 10.0. The number of pyridine rings is 1. The number of methoxy groups -OCH3 is 1. The van der Waals surface area contributed by atoms with Crippen molar-refractivity contribution in [3.05, 3.63) is 53.5 Å². The topological polar surface area (TPSA) is 54.9 Å². The van der Waals surface area contributed by atoms with Crippen molar-refractivity contribution >= 4 is 11.7 Å². The lowest BCUT2D eigenvalue weighted by atomic mass is 9.96. The van der Waals surface area contributed by atoms with Crippen molar-refractivity contribution in [2.45, 2.75) is 12.8 Å². The van der Waals surface area contributed by atoms with E-state index in [1.54, 1.807) is 19.4 Å². The maximum absolute atomic E-state index is 14.1. The van der Waals surface area contributed by atoms with Crippen LogP contribution in [-0.4, -0.2) is 62.3 Å². The van der Waals surface area contributed by atoms with Crippen LogP contribution in [0.2, 0.25) is 0 Å². The van der Waals surface area contributed by atoms with Gasteiger partial charge in [0.1, 0.15) is 5.75 Å². The Morgan fingerprint density at radius 2 is 2.10 bits per heavy atom. The van der Waals surface area contributed by atoms with Gasteiger partial charge in [-0.3, -0.25) is 4.79 Å². The van der Waals surface area contributed by atoms with Crippen LogP contribution in [0.3, 0.4) is 0 Å². The fourth-order valence-corrected chi connectivity index (χ4v) is 4.13. The van der Waals surface area contributed by atoms with Crippen LogP contribution >= 0.6 is 0 Å². The number of morpholine rings is 1. The summed E-state index contributed by atoms with van der Waals surface area (Å²) < 4.78 is 24.9. The molecule has 0 radical (unpaired) electrons. The third-order valence-corrected chi connectivity index (χ3v) is 5.66. The molecule has 3 heterocycles. The Morgan fingerprint density at radius 3 is 2.86 bits per heavy atom. The second-order valence-electron chi connectivity index (χ2n) is 7.54. The van der Waals surface area contributed by atoms with Gasteiger partial charge >= 0.3 is 0 Å². The molecule has 0 spiro atoms. The number of nitrogens with zero attached hydrogens (tertiary/aromatic N) is 3. The summed E-state index contributed by atoms with van der Waals surface area (Å²) >= 11 is 0. The molecule has 4 rings (SSSR count). The minimum absolute atomic E-state index is 0.0285. The molecule has 2 aromatic rings. The van der Waals surface area contributed by atoms with Crippen LogP contribution in [0.15, 0.2) is 36.5 Å². The van der Waals surface area contributed by atoms with Gasteiger partial charge in [0, 0.05) is 37.9 Å². The van der Waals surface area contributed by atoms with E-state index in [4.69, 9.17) is 9.47 Å². The molecular formula is C22H26FN3O3. The van der Waals surface area contributed by atoms with Crippen molar-refractivity contribution in [2.75, 3.05) is 51.4 Å². The predicted molar refractivity (Wildman–Crippen MR) is 108 cm³/mol. The Balaban J connectivity index is 1.48. The number of aromatic nitrogens is 1. The average molecular weight is 399 g/mol. The summed E-state index contributed by atoms with van der Waals surface area (Å²) in [5, 5.41) is 0. The zero-order valence-electron chi connectivity index (χ0n) is 16.6. The lowest BCUT2D eigenvalue weighted by molar-refractivity contribution is 0.0303. The highest BCUT2D eigenvalue weighted by Crippen LogP contribution is 2.30. The van der Waals surface area contributed by atoms with E-state index in [2.05, 4.69) is 4.98 Å². The Bertz CT molecular complexity index is 870. The molecule has 0 N–H and O–H groups in total. The van der Waals surface area contributed by atoms with Crippen molar-refractivity contribution in [3.63, 3.8) is 0 Å². The molecule has 1 aromatic heterocycles. The number of halogens is 1. The zero-order valence-corrected chi connectivity index (χ0v) is 16.6. The highest BCUT2D eigenvalue weighted by atomic mass is 19.1. The second kappa shape index (κ2) is 8.78. The first-order chi connectivity index (χ1) is 14.2. The van der Waals surface area contributed by atoms with Gasteiger partial charge in [-0.05, 0) is 54.7 Å². The number of carbonyl (C=O) groups excluding carboxylic acids is 1. The molecule has 2 aliphatic rings. The summed E-state index contributed by atoms with van der Waals surface area (Å²) in [5.74, 6) is 1.29. The average Bonchev–Trinajstić information content (AvgIpc) is 3.22. The zero-order chi connectivity index (χ0) is 20.2. The normalized spacial score (nSPS) is 19.4. The quantitative estimate of drug-likeness (QED) is 0.774. The summed E-state index contributed by atoms with van der Waals surface area (Å²) in [5.41, 5.74) is 1.69. The van der Waals surface area contributed by atoms with E-state index < -0.39 is 0 Å². The summed E-state index contributed by atoms with van der Waals surface area (Å²) in [6, 6.07) is 8.69. The van der Waals surface area contributed by atoms with E-state index in [1.165, 1.54) is 6.07 Å². The van der Waals surface area contributed by atoms with Crippen molar-refractivity contribution in [3.8, 4) is 5.75 Å². The SMILES string of the molecule is COc1ccc(C(=O)N2CCOCC2)cc1CC1CCN(c2ncccc2F)C1. The largest absolute Gasteiger partial charge is 0.496 e. The van der Waals surface area contributed by atoms with E-state index in [9.17, 15) is 9.18 Å². The van der Waals surface area contributed by atoms with Crippen molar-refractivity contribution in [1.29, 1.82) is 0 Å². The van der Waals surface area contributed by atoms with Gasteiger partial charge < -0.3 is 19.3 Å². The molecule has 1 unspecified atom stereocenters. The molecule has 2 aliphatic heterocycles. The van der Waals surface area contributed by atoms with Gasteiger partial charge in [0.15, 0.2) is 11.6 Å². The molecule has 1 aromatic carbocycles. The molecule has 2 fully saturated rings. The summed E-state index contributed by atoms with van der Waals surface area (Å²) in [6.45, 7) is 3.90. The molecule has 29 heavy (non-hydrogen) atoms. The minimum atomic E-state index is -0.288. The Morgan fingerprint density at radius 1 is 1.28 bits per heavy atom. The van der Waals surface area contributed by atoms with Crippen LogP contribution in [-0.2, 0) is 11.2 Å². The van der Waals surface area contributed by atoms with E-state index in [0.29, 0.717) is 43.6 Å². The fourth-order valence-electron chi connectivity index (χ4n) is 4.13. The third-order valence-electron chi connectivity index (χ3n) is 5.66. The molecule has 6 nitrogen and oxygen atoms in total. The molecule has 0 aliphatic carbocycles. The number of ether oxygens (including phenoxy) is 2. The van der Waals surface area contributed by atoms with Crippen LogP contribution in [0, 0.1) is 11.7 Å². The molecule has 7 heteroatoms. The van der Waals surface area contributed by atoms with Crippen LogP contribution in [0.25, 0.3) is 0 Å². The van der Waals surface area contributed by atoms with Gasteiger partial charge in [0.05, 0.1) is 20.3 Å². The third kappa shape index (κ3) is 4.34. The number of hydrogen-bond acceptors (Lipinski definition) is 5. The maximum atomic E-state index is 14.1. The number of benzene rings is 1. The number of rotatable bonds is 5. The summed E-state index contributed by atoms with van der Waals surface area (Å²) in [7, 11) is 1.65. The Labute approximate surface area is 170 Å². The number of amides is 1. The van der Waals surface area contributed by atoms with Gasteiger partial charge in [-0.15, -0.1) is 0 Å². The highest BCUT2D eigenvalue weighted by Gasteiger charge is 2.27. The molecular weight excluding hydrogens is 373 g/mol. The maximum Gasteiger partial charge on any atom is 0.254 e. The molecule has 154 valence electrons. The van der Waals surface area contributed by atoms with Gasteiger partial charge in [-0.25, -0.2) is 9.37 Å². The van der Waals surface area contributed by atoms with E-state index in [-0.39, 0.29) is 11.7 Å². The van der Waals surface area contributed by atoms with Crippen LogP contribution in [0.5, 0.6) is 5.75 Å². The monoisotopic (exact) mass is 399 g/mol. The lowest BCUT2D eigenvalue weighted by Gasteiger charge is -2.27. The first-order valence-corrected chi connectivity index (χ1v) is 10.0. The molecule has 1 amide bonds. The van der Waals surface area contributed by atoms with E-state index in [1.807, 2.05) is 28.0 Å². The number of carbonyl (C=O) groups is 1. The van der Waals surface area contributed by atoms with E-state index >= 15 is 0 Å².